The smallest absolute Gasteiger partial charge is 0.126 e. The largest absolute Gasteiger partial charge is 0.404 e. The molecule has 2 aromatic rings. The summed E-state index contributed by atoms with van der Waals surface area (Å²) in [5.41, 5.74) is 7.18. The summed E-state index contributed by atoms with van der Waals surface area (Å²) in [5.74, 6) is 0.815. The Hall–Kier alpha value is -2.47. The van der Waals surface area contributed by atoms with E-state index in [9.17, 15) is 4.39 Å². The number of likely N-dealkylation sites (tertiary alicyclic amines) is 1. The summed E-state index contributed by atoms with van der Waals surface area (Å²) in [6.07, 6.45) is 5.17. The van der Waals surface area contributed by atoms with Crippen molar-refractivity contribution in [2.24, 2.45) is 5.73 Å². The second-order valence-corrected chi connectivity index (χ2v) is 6.92. The average molecular weight is 355 g/mol. The molecule has 5 nitrogen and oxygen atoms in total. The Balaban J connectivity index is 1.70. The lowest BCUT2D eigenvalue weighted by Gasteiger charge is -2.31. The van der Waals surface area contributed by atoms with Crippen molar-refractivity contribution in [3.05, 3.63) is 42.2 Å². The first-order valence-electron chi connectivity index (χ1n) is 9.04. The van der Waals surface area contributed by atoms with Crippen LogP contribution in [0.5, 0.6) is 0 Å². The summed E-state index contributed by atoms with van der Waals surface area (Å²) in [6.45, 7) is 4.63. The van der Waals surface area contributed by atoms with Crippen molar-refractivity contribution in [1.82, 2.24) is 9.88 Å². The van der Waals surface area contributed by atoms with Crippen LogP contribution in [0, 0.1) is 5.41 Å². The maximum Gasteiger partial charge on any atom is 0.126 e. The van der Waals surface area contributed by atoms with Crippen molar-refractivity contribution in [1.29, 1.82) is 5.41 Å². The molecule has 0 amide bonds. The van der Waals surface area contributed by atoms with E-state index in [1.807, 2.05) is 30.5 Å². The van der Waals surface area contributed by atoms with Gasteiger partial charge in [0.25, 0.3) is 0 Å². The summed E-state index contributed by atoms with van der Waals surface area (Å²) in [6, 6.07) is 8.18. The van der Waals surface area contributed by atoms with Gasteiger partial charge in [0.2, 0.25) is 0 Å². The molecule has 1 aromatic carbocycles. The number of aromatic nitrogens is 1. The molecule has 138 valence electrons. The van der Waals surface area contributed by atoms with Gasteiger partial charge in [-0.1, -0.05) is 12.1 Å². The molecule has 1 unspecified atom stereocenters. The van der Waals surface area contributed by atoms with Gasteiger partial charge in [0.15, 0.2) is 0 Å². The zero-order valence-electron chi connectivity index (χ0n) is 15.1. The van der Waals surface area contributed by atoms with Crippen LogP contribution in [-0.2, 0) is 0 Å². The summed E-state index contributed by atoms with van der Waals surface area (Å²) in [7, 11) is 0. The number of benzene rings is 1. The SMILES string of the molecule is CC(CN1CCC(F)CC1)Nc1cc2cc(/C(C=N)=C/N)ccc2cn1. The molecular formula is C20H26FN5. The molecule has 6 heteroatoms. The number of anilines is 1. The van der Waals surface area contributed by atoms with Crippen LogP contribution in [0.15, 0.2) is 36.7 Å². The second kappa shape index (κ2) is 8.27. The van der Waals surface area contributed by atoms with E-state index in [0.717, 1.165) is 41.8 Å². The normalized spacial score (nSPS) is 18.0. The zero-order chi connectivity index (χ0) is 18.5. The van der Waals surface area contributed by atoms with Gasteiger partial charge >= 0.3 is 0 Å². The van der Waals surface area contributed by atoms with Gasteiger partial charge < -0.3 is 21.4 Å². The van der Waals surface area contributed by atoms with Crippen LogP contribution in [0.4, 0.5) is 10.2 Å². The molecule has 0 spiro atoms. The predicted octanol–water partition coefficient (Wildman–Crippen LogP) is 3.42. The highest BCUT2D eigenvalue weighted by Gasteiger charge is 2.19. The van der Waals surface area contributed by atoms with E-state index < -0.39 is 6.17 Å². The minimum Gasteiger partial charge on any atom is -0.404 e. The number of hydrogen-bond acceptors (Lipinski definition) is 5. The standard InChI is InChI=1S/C20H26FN5/c1-14(13-26-6-4-19(21)5-7-26)25-20-9-17-8-15(18(10-22)11-23)2-3-16(17)12-24-20/h2-3,8-12,14,19,22H,4-7,13,23H2,1H3,(H,24,25)/b18-11+,22-10?. The van der Waals surface area contributed by atoms with Crippen molar-refractivity contribution in [3.63, 3.8) is 0 Å². The fourth-order valence-electron chi connectivity index (χ4n) is 3.40. The van der Waals surface area contributed by atoms with Crippen molar-refractivity contribution >= 4 is 28.4 Å². The number of rotatable bonds is 6. The summed E-state index contributed by atoms with van der Waals surface area (Å²) < 4.78 is 13.3. The van der Waals surface area contributed by atoms with E-state index in [0.29, 0.717) is 18.4 Å². The van der Waals surface area contributed by atoms with Crippen LogP contribution < -0.4 is 11.1 Å². The maximum atomic E-state index is 13.3. The molecule has 3 rings (SSSR count). The van der Waals surface area contributed by atoms with Gasteiger partial charge in [0.05, 0.1) is 0 Å². The van der Waals surface area contributed by atoms with Crippen molar-refractivity contribution < 1.29 is 4.39 Å². The monoisotopic (exact) mass is 355 g/mol. The Morgan fingerprint density at radius 2 is 2.15 bits per heavy atom. The number of alkyl halides is 1. The number of nitrogens with zero attached hydrogens (tertiary/aromatic N) is 2. The Kier molecular flexibility index (Phi) is 5.83. The third-order valence-electron chi connectivity index (χ3n) is 4.83. The van der Waals surface area contributed by atoms with Crippen molar-refractivity contribution in [2.45, 2.75) is 32.0 Å². The minimum atomic E-state index is -0.640. The van der Waals surface area contributed by atoms with Gasteiger partial charge in [0, 0.05) is 55.2 Å². The maximum absolute atomic E-state index is 13.3. The Bertz CT molecular complexity index is 796. The number of nitrogens with two attached hydrogens (primary N) is 1. The third kappa shape index (κ3) is 4.38. The van der Waals surface area contributed by atoms with Crippen molar-refractivity contribution in [3.8, 4) is 0 Å². The Labute approximate surface area is 153 Å². The number of hydrogen-bond donors (Lipinski definition) is 3. The van der Waals surface area contributed by atoms with Crippen LogP contribution in [0.2, 0.25) is 0 Å². The molecule has 1 saturated heterocycles. The zero-order valence-corrected chi connectivity index (χ0v) is 15.1. The van der Waals surface area contributed by atoms with Gasteiger partial charge in [0.1, 0.15) is 12.0 Å². The fraction of sp³-hybridized carbons (Fsp3) is 0.400. The molecule has 1 fully saturated rings. The molecule has 1 atom stereocenters. The average Bonchev–Trinajstić information content (AvgIpc) is 2.64. The Morgan fingerprint density at radius 3 is 2.85 bits per heavy atom. The van der Waals surface area contributed by atoms with E-state index in [1.54, 1.807) is 0 Å². The lowest BCUT2D eigenvalue weighted by atomic mass is 10.0. The van der Waals surface area contributed by atoms with E-state index in [-0.39, 0.29) is 6.04 Å². The lowest BCUT2D eigenvalue weighted by molar-refractivity contribution is 0.148. The van der Waals surface area contributed by atoms with Gasteiger partial charge in [-0.15, -0.1) is 0 Å². The first kappa shape index (κ1) is 18.3. The third-order valence-corrected chi connectivity index (χ3v) is 4.83. The molecule has 1 aliphatic heterocycles. The van der Waals surface area contributed by atoms with Crippen LogP contribution >= 0.6 is 0 Å². The molecule has 1 aliphatic rings. The second-order valence-electron chi connectivity index (χ2n) is 6.92. The summed E-state index contributed by atoms with van der Waals surface area (Å²) >= 11 is 0. The van der Waals surface area contributed by atoms with E-state index in [4.69, 9.17) is 11.1 Å². The molecule has 0 aliphatic carbocycles. The first-order chi connectivity index (χ1) is 12.6. The number of piperidine rings is 1. The first-order valence-corrected chi connectivity index (χ1v) is 9.04. The number of halogens is 1. The van der Waals surface area contributed by atoms with Gasteiger partial charge in [-0.2, -0.15) is 0 Å². The highest BCUT2D eigenvalue weighted by Crippen LogP contribution is 2.22. The molecule has 0 bridgehead atoms. The van der Waals surface area contributed by atoms with E-state index >= 15 is 0 Å². The van der Waals surface area contributed by atoms with Gasteiger partial charge in [-0.25, -0.2) is 9.37 Å². The van der Waals surface area contributed by atoms with E-state index in [1.165, 1.54) is 12.4 Å². The predicted molar refractivity (Wildman–Crippen MR) is 106 cm³/mol. The molecule has 4 N–H and O–H groups in total. The van der Waals surface area contributed by atoms with Crippen LogP contribution in [0.25, 0.3) is 16.3 Å². The summed E-state index contributed by atoms with van der Waals surface area (Å²) in [4.78, 5) is 6.79. The highest BCUT2D eigenvalue weighted by molar-refractivity contribution is 6.09. The lowest BCUT2D eigenvalue weighted by Crippen LogP contribution is -2.40. The van der Waals surface area contributed by atoms with E-state index in [2.05, 4.69) is 22.1 Å². The number of nitrogens with one attached hydrogen (secondary N) is 2. The van der Waals surface area contributed by atoms with Crippen LogP contribution in [-0.4, -0.2) is 47.9 Å². The number of pyridine rings is 1. The minimum absolute atomic E-state index is 0.223. The topological polar surface area (TPSA) is 78.0 Å². The fourth-order valence-corrected chi connectivity index (χ4v) is 3.40. The molecule has 0 radical (unpaired) electrons. The van der Waals surface area contributed by atoms with Crippen molar-refractivity contribution in [2.75, 3.05) is 25.0 Å². The van der Waals surface area contributed by atoms with Crippen LogP contribution in [0.3, 0.4) is 0 Å². The molecule has 0 saturated carbocycles. The summed E-state index contributed by atoms with van der Waals surface area (Å²) in [5, 5.41) is 13.0. The Morgan fingerprint density at radius 1 is 1.38 bits per heavy atom. The molecular weight excluding hydrogens is 329 g/mol. The number of fused-ring (bicyclic) bond motifs is 1. The quantitative estimate of drug-likeness (QED) is 0.694. The van der Waals surface area contributed by atoms with Crippen LogP contribution in [0.1, 0.15) is 25.3 Å². The van der Waals surface area contributed by atoms with Gasteiger partial charge in [-0.3, -0.25) is 0 Å². The van der Waals surface area contributed by atoms with Gasteiger partial charge in [-0.05, 0) is 42.8 Å². The highest BCUT2D eigenvalue weighted by atomic mass is 19.1. The molecule has 2 heterocycles. The molecule has 26 heavy (non-hydrogen) atoms. The molecule has 1 aromatic heterocycles. The number of allylic oxidation sites excluding steroid dienone is 1.